The molecule has 0 amide bonds. The normalized spacial score (nSPS) is 18.1. The van der Waals surface area contributed by atoms with Crippen molar-refractivity contribution in [2.75, 3.05) is 27.1 Å². The van der Waals surface area contributed by atoms with E-state index < -0.39 is 0 Å². The molecular formula is C18H23N3O5. The van der Waals surface area contributed by atoms with Gasteiger partial charge in [0, 0.05) is 19.8 Å². The maximum atomic E-state index is 5.51. The molecular weight excluding hydrogens is 338 g/mol. The van der Waals surface area contributed by atoms with Crippen LogP contribution in [0, 0.1) is 12.8 Å². The van der Waals surface area contributed by atoms with Crippen molar-refractivity contribution >= 4 is 0 Å². The summed E-state index contributed by atoms with van der Waals surface area (Å²) >= 11 is 0. The van der Waals surface area contributed by atoms with Crippen molar-refractivity contribution < 1.29 is 23.5 Å². The molecule has 1 saturated heterocycles. The van der Waals surface area contributed by atoms with Crippen molar-refractivity contribution in [1.82, 2.24) is 15.5 Å². The molecule has 2 aliphatic heterocycles. The van der Waals surface area contributed by atoms with E-state index in [-0.39, 0.29) is 12.8 Å². The topological polar surface area (TPSA) is 87.9 Å². The maximum Gasteiger partial charge on any atom is 0.244 e. The molecule has 8 heteroatoms. The van der Waals surface area contributed by atoms with Gasteiger partial charge >= 0.3 is 0 Å². The Morgan fingerprint density at radius 1 is 1.27 bits per heavy atom. The van der Waals surface area contributed by atoms with E-state index in [1.807, 2.05) is 19.1 Å². The fraction of sp³-hybridized carbons (Fsp3) is 0.556. The number of methoxy groups -OCH3 is 1. The van der Waals surface area contributed by atoms with Crippen molar-refractivity contribution in [1.29, 1.82) is 0 Å². The second kappa shape index (κ2) is 7.51. The molecule has 1 aromatic carbocycles. The summed E-state index contributed by atoms with van der Waals surface area (Å²) < 4.78 is 27.3. The number of fused-ring (bicyclic) bond motifs is 1. The third-order valence-corrected chi connectivity index (χ3v) is 4.79. The number of hydrogen-bond acceptors (Lipinski definition) is 8. The molecule has 26 heavy (non-hydrogen) atoms. The van der Waals surface area contributed by atoms with Crippen molar-refractivity contribution in [2.45, 2.75) is 32.4 Å². The Kier molecular flexibility index (Phi) is 4.94. The monoisotopic (exact) mass is 361 g/mol. The Morgan fingerprint density at radius 2 is 2.12 bits per heavy atom. The lowest BCUT2D eigenvalue weighted by Crippen LogP contribution is -2.32. The van der Waals surface area contributed by atoms with Crippen LogP contribution in [0.4, 0.5) is 0 Å². The van der Waals surface area contributed by atoms with Gasteiger partial charge in [-0.3, -0.25) is 0 Å². The fourth-order valence-corrected chi connectivity index (χ4v) is 3.46. The minimum atomic E-state index is -0.0171. The minimum absolute atomic E-state index is 0.0171. The standard InChI is InChI=1S/C18H23N3O5/c1-11-20-18(26-21-11)16(13-3-5-23-6-4-13)19-9-12-7-14(22-2)17-15(8-12)24-10-25-17/h7-8,13,16,19H,3-6,9-10H2,1-2H3. The van der Waals surface area contributed by atoms with E-state index in [4.69, 9.17) is 23.5 Å². The highest BCUT2D eigenvalue weighted by atomic mass is 16.7. The number of hydrogen-bond donors (Lipinski definition) is 1. The molecule has 0 spiro atoms. The van der Waals surface area contributed by atoms with Crippen LogP contribution in [0.5, 0.6) is 17.2 Å². The van der Waals surface area contributed by atoms with Crippen LogP contribution in [-0.4, -0.2) is 37.3 Å². The zero-order chi connectivity index (χ0) is 17.9. The minimum Gasteiger partial charge on any atom is -0.493 e. The summed E-state index contributed by atoms with van der Waals surface area (Å²) in [5, 5.41) is 7.52. The predicted octanol–water partition coefficient (Wildman–Crippen LogP) is 2.37. The van der Waals surface area contributed by atoms with Gasteiger partial charge in [-0.2, -0.15) is 4.98 Å². The second-order valence-corrected chi connectivity index (χ2v) is 6.52. The van der Waals surface area contributed by atoms with Crippen LogP contribution in [0.2, 0.25) is 0 Å². The van der Waals surface area contributed by atoms with Gasteiger partial charge in [-0.1, -0.05) is 5.16 Å². The van der Waals surface area contributed by atoms with E-state index in [1.165, 1.54) is 0 Å². The summed E-state index contributed by atoms with van der Waals surface area (Å²) in [6.07, 6.45) is 1.92. The number of benzene rings is 1. The highest BCUT2D eigenvalue weighted by Crippen LogP contribution is 2.42. The predicted molar refractivity (Wildman–Crippen MR) is 91.3 cm³/mol. The van der Waals surface area contributed by atoms with E-state index in [1.54, 1.807) is 7.11 Å². The molecule has 0 radical (unpaired) electrons. The first kappa shape index (κ1) is 17.1. The molecule has 3 heterocycles. The SMILES string of the molecule is COc1cc(CNC(c2nc(C)no2)C2CCOCC2)cc2c1OCO2. The molecule has 2 aromatic rings. The Balaban J connectivity index is 1.53. The summed E-state index contributed by atoms with van der Waals surface area (Å²) in [6, 6.07) is 3.91. The molecule has 1 aromatic heterocycles. The van der Waals surface area contributed by atoms with Gasteiger partial charge in [0.2, 0.25) is 18.4 Å². The van der Waals surface area contributed by atoms with Gasteiger partial charge < -0.3 is 28.8 Å². The van der Waals surface area contributed by atoms with Gasteiger partial charge in [0.05, 0.1) is 13.2 Å². The van der Waals surface area contributed by atoms with E-state index >= 15 is 0 Å². The molecule has 1 atom stereocenters. The number of rotatable bonds is 6. The van der Waals surface area contributed by atoms with Crippen LogP contribution in [0.1, 0.15) is 36.2 Å². The Bertz CT molecular complexity index is 757. The maximum absolute atomic E-state index is 5.51. The van der Waals surface area contributed by atoms with Crippen LogP contribution >= 0.6 is 0 Å². The first-order chi connectivity index (χ1) is 12.7. The Morgan fingerprint density at radius 3 is 2.85 bits per heavy atom. The van der Waals surface area contributed by atoms with Crippen molar-refractivity contribution in [3.05, 3.63) is 29.4 Å². The molecule has 2 aliphatic rings. The van der Waals surface area contributed by atoms with Gasteiger partial charge in [-0.25, -0.2) is 0 Å². The molecule has 1 unspecified atom stereocenters. The smallest absolute Gasteiger partial charge is 0.244 e. The van der Waals surface area contributed by atoms with Crippen molar-refractivity contribution in [3.8, 4) is 17.2 Å². The summed E-state index contributed by atoms with van der Waals surface area (Å²) in [6.45, 7) is 4.18. The number of nitrogens with one attached hydrogen (secondary N) is 1. The van der Waals surface area contributed by atoms with Crippen LogP contribution < -0.4 is 19.5 Å². The van der Waals surface area contributed by atoms with E-state index in [0.29, 0.717) is 41.4 Å². The number of aromatic nitrogens is 2. The van der Waals surface area contributed by atoms with Gasteiger partial charge in [0.15, 0.2) is 17.3 Å². The highest BCUT2D eigenvalue weighted by Gasteiger charge is 2.30. The molecule has 4 rings (SSSR count). The highest BCUT2D eigenvalue weighted by molar-refractivity contribution is 5.55. The van der Waals surface area contributed by atoms with E-state index in [0.717, 1.165) is 31.6 Å². The first-order valence-electron chi connectivity index (χ1n) is 8.82. The zero-order valence-electron chi connectivity index (χ0n) is 15.0. The van der Waals surface area contributed by atoms with Gasteiger partial charge in [0.1, 0.15) is 0 Å². The quantitative estimate of drug-likeness (QED) is 0.839. The van der Waals surface area contributed by atoms with Gasteiger partial charge in [0.25, 0.3) is 0 Å². The summed E-state index contributed by atoms with van der Waals surface area (Å²) in [5.74, 6) is 3.69. The molecule has 8 nitrogen and oxygen atoms in total. The lowest BCUT2D eigenvalue weighted by Gasteiger charge is -2.28. The molecule has 1 fully saturated rings. The van der Waals surface area contributed by atoms with Crippen LogP contribution in [0.3, 0.4) is 0 Å². The lowest BCUT2D eigenvalue weighted by molar-refractivity contribution is 0.0485. The molecule has 1 N–H and O–H groups in total. The van der Waals surface area contributed by atoms with Crippen molar-refractivity contribution in [3.63, 3.8) is 0 Å². The third-order valence-electron chi connectivity index (χ3n) is 4.79. The molecule has 0 aliphatic carbocycles. The summed E-state index contributed by atoms with van der Waals surface area (Å²) in [7, 11) is 1.63. The molecule has 140 valence electrons. The Hall–Kier alpha value is -2.32. The summed E-state index contributed by atoms with van der Waals surface area (Å²) in [4.78, 5) is 4.44. The fourth-order valence-electron chi connectivity index (χ4n) is 3.46. The van der Waals surface area contributed by atoms with E-state index in [9.17, 15) is 0 Å². The van der Waals surface area contributed by atoms with Crippen molar-refractivity contribution in [2.24, 2.45) is 5.92 Å². The zero-order valence-corrected chi connectivity index (χ0v) is 15.0. The molecule has 0 bridgehead atoms. The first-order valence-corrected chi connectivity index (χ1v) is 8.82. The summed E-state index contributed by atoms with van der Waals surface area (Å²) in [5.41, 5.74) is 1.04. The number of ether oxygens (including phenoxy) is 4. The average Bonchev–Trinajstić information content (AvgIpc) is 3.31. The van der Waals surface area contributed by atoms with Crippen LogP contribution in [0.15, 0.2) is 16.7 Å². The average molecular weight is 361 g/mol. The van der Waals surface area contributed by atoms with E-state index in [2.05, 4.69) is 15.5 Å². The second-order valence-electron chi connectivity index (χ2n) is 6.52. The third kappa shape index (κ3) is 3.47. The number of nitrogens with zero attached hydrogens (tertiary/aromatic N) is 2. The van der Waals surface area contributed by atoms with Gasteiger partial charge in [-0.15, -0.1) is 0 Å². The van der Waals surface area contributed by atoms with Crippen LogP contribution in [-0.2, 0) is 11.3 Å². The lowest BCUT2D eigenvalue weighted by atomic mass is 9.91. The largest absolute Gasteiger partial charge is 0.493 e. The van der Waals surface area contributed by atoms with Gasteiger partial charge in [-0.05, 0) is 43.4 Å². The Labute approximate surface area is 151 Å². The van der Waals surface area contributed by atoms with Crippen LogP contribution in [0.25, 0.3) is 0 Å². The molecule has 0 saturated carbocycles. The number of aryl methyl sites for hydroxylation is 1.